The summed E-state index contributed by atoms with van der Waals surface area (Å²) in [5.41, 5.74) is 15.2. The van der Waals surface area contributed by atoms with E-state index < -0.39 is 8.07 Å². The predicted octanol–water partition coefficient (Wildman–Crippen LogP) is 8.07. The second kappa shape index (κ2) is 13.2. The Hall–Kier alpha value is -6.36. The molecule has 4 heteroatoms. The monoisotopic (exact) mass is 720 g/mol. The molecule has 0 aromatic heterocycles. The molecule has 0 aliphatic carbocycles. The molecule has 0 atom stereocenters. The summed E-state index contributed by atoms with van der Waals surface area (Å²) in [6, 6.07) is 73.0. The van der Waals surface area contributed by atoms with Crippen molar-refractivity contribution in [2.75, 3.05) is 9.80 Å². The van der Waals surface area contributed by atoms with Gasteiger partial charge in [0.2, 0.25) is 0 Å². The lowest BCUT2D eigenvalue weighted by atomic mass is 9.33. The van der Waals surface area contributed by atoms with E-state index in [9.17, 15) is 0 Å². The van der Waals surface area contributed by atoms with E-state index in [1.54, 1.807) is 0 Å². The number of para-hydroxylation sites is 2. The van der Waals surface area contributed by atoms with Gasteiger partial charge in [0, 0.05) is 34.1 Å². The van der Waals surface area contributed by atoms with E-state index in [2.05, 4.69) is 225 Å². The van der Waals surface area contributed by atoms with Gasteiger partial charge in [-0.3, -0.25) is 0 Å². The molecule has 0 fully saturated rings. The Kier molecular flexibility index (Phi) is 7.97. The molecule has 262 valence electrons. The van der Waals surface area contributed by atoms with Crippen LogP contribution in [0.4, 0.5) is 34.1 Å². The van der Waals surface area contributed by atoms with E-state index in [1.165, 1.54) is 87.9 Å². The van der Waals surface area contributed by atoms with Crippen LogP contribution >= 0.6 is 0 Å². The van der Waals surface area contributed by atoms with Gasteiger partial charge in [-0.15, -0.1) is 0 Å². The first-order chi connectivity index (χ1) is 27.0. The second-order valence-corrected chi connectivity index (χ2v) is 18.9. The van der Waals surface area contributed by atoms with Crippen molar-refractivity contribution in [3.05, 3.63) is 211 Å². The summed E-state index contributed by atoms with van der Waals surface area (Å²) >= 11 is 0. The zero-order valence-electron chi connectivity index (χ0n) is 31.4. The number of hydrogen-bond acceptors (Lipinski definition) is 2. The summed E-state index contributed by atoms with van der Waals surface area (Å²) in [5, 5.41) is 5.52. The molecule has 55 heavy (non-hydrogen) atoms. The summed E-state index contributed by atoms with van der Waals surface area (Å²) in [5.74, 6) is 0. The zero-order valence-corrected chi connectivity index (χ0v) is 32.4. The lowest BCUT2D eigenvalue weighted by Crippen LogP contribution is -2.75. The van der Waals surface area contributed by atoms with E-state index in [0.29, 0.717) is 0 Å². The van der Waals surface area contributed by atoms with Gasteiger partial charge in [0.25, 0.3) is 6.71 Å². The van der Waals surface area contributed by atoms with Gasteiger partial charge in [0.15, 0.2) is 8.07 Å². The fourth-order valence-electron chi connectivity index (χ4n) is 9.56. The fourth-order valence-corrected chi connectivity index (χ4v) is 14.3. The van der Waals surface area contributed by atoms with Crippen LogP contribution in [-0.2, 0) is 0 Å². The standard InChI is InChI=1S/C51H41BN2Si/c1-36-28-30-46(38(3)32-36)54-48-31-29-43(55(40-20-10-5-11-21-40,41-22-12-6-13-23-41)42-24-14-7-15-25-42)35-45(48)52-44-26-16-17-27-47(44)53(39-18-8-4-9-19-39)49-33-37(2)34-50(54)51(49)52/h4-35H,1-3H3. The molecule has 0 spiro atoms. The highest BCUT2D eigenvalue weighted by Gasteiger charge is 2.46. The molecule has 0 N–H and O–H groups in total. The third-order valence-corrected chi connectivity index (χ3v) is 16.6. The summed E-state index contributed by atoms with van der Waals surface area (Å²) in [6.07, 6.45) is 0. The van der Waals surface area contributed by atoms with Crippen LogP contribution in [0.3, 0.4) is 0 Å². The van der Waals surface area contributed by atoms with E-state index >= 15 is 0 Å². The Morgan fingerprint density at radius 1 is 0.364 bits per heavy atom. The van der Waals surface area contributed by atoms with Crippen LogP contribution < -0.4 is 46.9 Å². The van der Waals surface area contributed by atoms with E-state index in [1.807, 2.05) is 0 Å². The minimum atomic E-state index is -2.80. The molecule has 2 nitrogen and oxygen atoms in total. The molecule has 10 rings (SSSR count). The maximum atomic E-state index is 2.61. The molecule has 0 saturated heterocycles. The first-order valence-electron chi connectivity index (χ1n) is 19.3. The largest absolute Gasteiger partial charge is 0.311 e. The number of fused-ring (bicyclic) bond motifs is 4. The Morgan fingerprint density at radius 3 is 1.47 bits per heavy atom. The van der Waals surface area contributed by atoms with Crippen molar-refractivity contribution >= 4 is 86.0 Å². The van der Waals surface area contributed by atoms with Crippen molar-refractivity contribution in [2.45, 2.75) is 20.8 Å². The number of hydrogen-bond donors (Lipinski definition) is 0. The fraction of sp³-hybridized carbons (Fsp3) is 0.0588. The minimum Gasteiger partial charge on any atom is -0.311 e. The first kappa shape index (κ1) is 33.2. The molecular formula is C51H41BN2Si. The molecule has 0 amide bonds. The number of anilines is 6. The molecule has 0 bridgehead atoms. The van der Waals surface area contributed by atoms with Crippen molar-refractivity contribution in [1.29, 1.82) is 0 Å². The van der Waals surface area contributed by atoms with Gasteiger partial charge in [-0.2, -0.15) is 0 Å². The Labute approximate surface area is 326 Å². The topological polar surface area (TPSA) is 6.48 Å². The minimum absolute atomic E-state index is 0.0349. The molecule has 8 aromatic rings. The van der Waals surface area contributed by atoms with Crippen LogP contribution in [0.5, 0.6) is 0 Å². The molecule has 8 aromatic carbocycles. The summed E-state index contributed by atoms with van der Waals surface area (Å²) < 4.78 is 0. The van der Waals surface area contributed by atoms with Crippen molar-refractivity contribution in [2.24, 2.45) is 0 Å². The Balaban J connectivity index is 1.33. The highest BCUT2D eigenvalue weighted by atomic mass is 28.3. The van der Waals surface area contributed by atoms with Crippen LogP contribution in [0.2, 0.25) is 0 Å². The van der Waals surface area contributed by atoms with Gasteiger partial charge in [-0.25, -0.2) is 0 Å². The molecule has 2 aliphatic rings. The lowest BCUT2D eigenvalue weighted by Gasteiger charge is -2.45. The van der Waals surface area contributed by atoms with Crippen molar-refractivity contribution < 1.29 is 0 Å². The normalized spacial score (nSPS) is 12.9. The van der Waals surface area contributed by atoms with Gasteiger partial charge in [0.05, 0.1) is 0 Å². The smallest absolute Gasteiger partial charge is 0.252 e. The number of nitrogens with zero attached hydrogens (tertiary/aromatic N) is 2. The van der Waals surface area contributed by atoms with Crippen LogP contribution in [0, 0.1) is 20.8 Å². The van der Waals surface area contributed by atoms with Gasteiger partial charge in [-0.1, -0.05) is 157 Å². The number of aryl methyl sites for hydroxylation is 3. The summed E-state index contributed by atoms with van der Waals surface area (Å²) in [7, 11) is -2.80. The molecular weight excluding hydrogens is 679 g/mol. The van der Waals surface area contributed by atoms with Crippen LogP contribution in [0.15, 0.2) is 194 Å². The van der Waals surface area contributed by atoms with Crippen LogP contribution in [0.1, 0.15) is 16.7 Å². The quantitative estimate of drug-likeness (QED) is 0.127. The molecule has 0 saturated carbocycles. The van der Waals surface area contributed by atoms with E-state index in [-0.39, 0.29) is 6.71 Å². The number of benzene rings is 8. The molecule has 0 radical (unpaired) electrons. The third-order valence-electron chi connectivity index (χ3n) is 11.8. The Morgan fingerprint density at radius 2 is 0.873 bits per heavy atom. The highest BCUT2D eigenvalue weighted by Crippen LogP contribution is 2.45. The summed E-state index contributed by atoms with van der Waals surface area (Å²) in [6.45, 7) is 6.73. The maximum Gasteiger partial charge on any atom is 0.252 e. The molecule has 2 heterocycles. The predicted molar refractivity (Wildman–Crippen MR) is 238 cm³/mol. The van der Waals surface area contributed by atoms with Gasteiger partial charge in [0.1, 0.15) is 0 Å². The van der Waals surface area contributed by atoms with Crippen molar-refractivity contribution in [3.63, 3.8) is 0 Å². The lowest BCUT2D eigenvalue weighted by molar-refractivity contribution is 1.22. The highest BCUT2D eigenvalue weighted by molar-refractivity contribution is 7.20. The van der Waals surface area contributed by atoms with Crippen LogP contribution in [-0.4, -0.2) is 14.8 Å². The maximum absolute atomic E-state index is 2.80. The average molecular weight is 721 g/mol. The van der Waals surface area contributed by atoms with Gasteiger partial charge >= 0.3 is 0 Å². The van der Waals surface area contributed by atoms with Crippen molar-refractivity contribution in [1.82, 2.24) is 0 Å². The van der Waals surface area contributed by atoms with Gasteiger partial charge in [-0.05, 0) is 111 Å². The zero-order chi connectivity index (χ0) is 37.1. The summed E-state index contributed by atoms with van der Waals surface area (Å²) in [4.78, 5) is 5.05. The molecule has 0 unspecified atom stereocenters. The SMILES string of the molecule is Cc1ccc(N2c3ccc([Si](c4ccccc4)(c4ccccc4)c4ccccc4)cc3B3c4ccccc4N(c4ccccc4)c4cc(C)cc2c43)c(C)c1. The van der Waals surface area contributed by atoms with Crippen LogP contribution in [0.25, 0.3) is 0 Å². The Bertz CT molecular complexity index is 2600. The van der Waals surface area contributed by atoms with E-state index in [4.69, 9.17) is 0 Å². The van der Waals surface area contributed by atoms with E-state index in [0.717, 1.165) is 0 Å². The first-order valence-corrected chi connectivity index (χ1v) is 21.3. The molecule has 2 aliphatic heterocycles. The van der Waals surface area contributed by atoms with Gasteiger partial charge < -0.3 is 9.80 Å². The second-order valence-electron chi connectivity index (χ2n) is 15.1. The third kappa shape index (κ3) is 5.16. The number of rotatable bonds is 6. The van der Waals surface area contributed by atoms with Crippen molar-refractivity contribution in [3.8, 4) is 0 Å². The average Bonchev–Trinajstić information content (AvgIpc) is 3.23.